The lowest BCUT2D eigenvalue weighted by atomic mass is 10.5. The van der Waals surface area contributed by atoms with Crippen LogP contribution in [0.5, 0.6) is 0 Å². The van der Waals surface area contributed by atoms with Crippen molar-refractivity contribution in [3.63, 3.8) is 0 Å². The normalized spacial score (nSPS) is 11.6. The summed E-state index contributed by atoms with van der Waals surface area (Å²) in [5, 5.41) is 0. The third-order valence-corrected chi connectivity index (χ3v) is 3.57. The molecular weight excluding hydrogens is 246 g/mol. The zero-order chi connectivity index (χ0) is 12.1. The first-order valence-electron chi connectivity index (χ1n) is 3.90. The molecule has 0 aromatic carbocycles. The minimum absolute atomic E-state index is 0.143. The highest BCUT2D eigenvalue weighted by Crippen LogP contribution is 2.01. The fraction of sp³-hybridized carbons (Fsp3) is 0.667. The highest BCUT2D eigenvalue weighted by molar-refractivity contribution is 7.89. The predicted octanol–water partition coefficient (Wildman–Crippen LogP) is -2.17. The van der Waals surface area contributed by atoms with E-state index in [-0.39, 0.29) is 11.6 Å². The summed E-state index contributed by atoms with van der Waals surface area (Å²) < 4.78 is 23.5. The van der Waals surface area contributed by atoms with Gasteiger partial charge in [-0.15, -0.1) is 11.6 Å². The number of rotatable bonds is 7. The minimum Gasteiger partial charge on any atom is -0.369 e. The minimum atomic E-state index is -3.76. The smallest absolute Gasteiger partial charge is 0.232 e. The number of nitrogens with two attached hydrogens (primary N) is 2. The molecule has 7 nitrogen and oxygen atoms in total. The van der Waals surface area contributed by atoms with E-state index >= 15 is 0 Å². The molecule has 0 aliphatic heterocycles. The highest BCUT2D eigenvalue weighted by atomic mass is 35.5. The number of alkyl halides is 1. The highest BCUT2D eigenvalue weighted by Gasteiger charge is 2.24. The summed E-state index contributed by atoms with van der Waals surface area (Å²) in [6, 6.07) is 0. The fourth-order valence-electron chi connectivity index (χ4n) is 0.827. The van der Waals surface area contributed by atoms with Crippen LogP contribution in [-0.4, -0.2) is 49.3 Å². The van der Waals surface area contributed by atoms with E-state index in [1.54, 1.807) is 0 Å². The summed E-state index contributed by atoms with van der Waals surface area (Å²) in [7, 11) is -3.76. The van der Waals surface area contributed by atoms with Gasteiger partial charge in [0.1, 0.15) is 0 Å². The van der Waals surface area contributed by atoms with Gasteiger partial charge < -0.3 is 11.5 Å². The summed E-state index contributed by atoms with van der Waals surface area (Å²) in [4.78, 5) is 21.1. The number of carbonyl (C=O) groups is 2. The molecule has 88 valence electrons. The van der Waals surface area contributed by atoms with Crippen LogP contribution in [0.2, 0.25) is 0 Å². The molecular formula is C6H12ClN3O4S. The Kier molecular flexibility index (Phi) is 5.55. The second-order valence-corrected chi connectivity index (χ2v) is 5.17. The Labute approximate surface area is 92.4 Å². The van der Waals surface area contributed by atoms with Crippen LogP contribution in [0.3, 0.4) is 0 Å². The van der Waals surface area contributed by atoms with E-state index in [4.69, 9.17) is 23.1 Å². The van der Waals surface area contributed by atoms with Gasteiger partial charge in [0.25, 0.3) is 0 Å². The molecule has 0 radical (unpaired) electrons. The second kappa shape index (κ2) is 5.89. The van der Waals surface area contributed by atoms with E-state index in [0.29, 0.717) is 4.31 Å². The van der Waals surface area contributed by atoms with Crippen molar-refractivity contribution in [2.75, 3.05) is 24.7 Å². The monoisotopic (exact) mass is 257 g/mol. The number of primary amides is 2. The van der Waals surface area contributed by atoms with E-state index in [1.807, 2.05) is 0 Å². The number of sulfonamides is 1. The van der Waals surface area contributed by atoms with Crippen LogP contribution in [0.1, 0.15) is 0 Å². The number of hydrogen-bond acceptors (Lipinski definition) is 4. The van der Waals surface area contributed by atoms with Crippen molar-refractivity contribution in [3.05, 3.63) is 0 Å². The Morgan fingerprint density at radius 3 is 1.80 bits per heavy atom. The molecule has 0 fully saturated rings. The van der Waals surface area contributed by atoms with Gasteiger partial charge in [-0.25, -0.2) is 8.42 Å². The first-order chi connectivity index (χ1) is 6.79. The quantitative estimate of drug-likeness (QED) is 0.504. The average molecular weight is 258 g/mol. The molecule has 0 aliphatic carbocycles. The molecule has 0 aliphatic rings. The maximum absolute atomic E-state index is 11.4. The summed E-state index contributed by atoms with van der Waals surface area (Å²) in [6.07, 6.45) is 0. The van der Waals surface area contributed by atoms with Crippen molar-refractivity contribution in [1.82, 2.24) is 4.31 Å². The van der Waals surface area contributed by atoms with Crippen LogP contribution in [0.25, 0.3) is 0 Å². The Balaban J connectivity index is 4.76. The van der Waals surface area contributed by atoms with Gasteiger partial charge in [0.15, 0.2) is 0 Å². The lowest BCUT2D eigenvalue weighted by Crippen LogP contribution is -2.44. The van der Waals surface area contributed by atoms with Gasteiger partial charge in [0, 0.05) is 5.88 Å². The number of halogens is 1. The second-order valence-electron chi connectivity index (χ2n) is 2.71. The topological polar surface area (TPSA) is 124 Å². The standard InChI is InChI=1S/C6H12ClN3O4S/c7-1-2-15(13,14)10(3-5(8)11)4-6(9)12/h1-4H2,(H2,8,11)(H2,9,12). The van der Waals surface area contributed by atoms with Gasteiger partial charge in [-0.1, -0.05) is 0 Å². The lowest BCUT2D eigenvalue weighted by Gasteiger charge is -2.18. The first kappa shape index (κ1) is 14.1. The van der Waals surface area contributed by atoms with Gasteiger partial charge in [-0.3, -0.25) is 9.59 Å². The maximum atomic E-state index is 11.4. The molecule has 4 N–H and O–H groups in total. The molecule has 0 saturated carbocycles. The van der Waals surface area contributed by atoms with Crippen molar-refractivity contribution in [2.45, 2.75) is 0 Å². The van der Waals surface area contributed by atoms with Crippen LogP contribution < -0.4 is 11.5 Å². The fourth-order valence-corrected chi connectivity index (χ4v) is 2.51. The molecule has 2 amide bonds. The number of nitrogens with zero attached hydrogens (tertiary/aromatic N) is 1. The van der Waals surface area contributed by atoms with E-state index in [9.17, 15) is 18.0 Å². The molecule has 0 rings (SSSR count). The van der Waals surface area contributed by atoms with Crippen LogP contribution in [-0.2, 0) is 19.6 Å². The van der Waals surface area contributed by atoms with E-state index < -0.39 is 34.9 Å². The Bertz CT molecular complexity index is 326. The molecule has 0 atom stereocenters. The van der Waals surface area contributed by atoms with Crippen LogP contribution in [0.4, 0.5) is 0 Å². The molecule has 0 bridgehead atoms. The lowest BCUT2D eigenvalue weighted by molar-refractivity contribution is -0.120. The van der Waals surface area contributed by atoms with E-state index in [0.717, 1.165) is 0 Å². The van der Waals surface area contributed by atoms with Gasteiger partial charge in [-0.2, -0.15) is 4.31 Å². The van der Waals surface area contributed by atoms with Gasteiger partial charge in [0.2, 0.25) is 21.8 Å². The van der Waals surface area contributed by atoms with Gasteiger partial charge >= 0.3 is 0 Å². The number of carbonyl (C=O) groups excluding carboxylic acids is 2. The Morgan fingerprint density at radius 2 is 1.53 bits per heavy atom. The van der Waals surface area contributed by atoms with E-state index in [1.165, 1.54) is 0 Å². The van der Waals surface area contributed by atoms with Gasteiger partial charge in [0.05, 0.1) is 18.8 Å². The summed E-state index contributed by atoms with van der Waals surface area (Å²) in [5.41, 5.74) is 9.66. The predicted molar refractivity (Wildman–Crippen MR) is 54.5 cm³/mol. The zero-order valence-electron chi connectivity index (χ0n) is 7.85. The van der Waals surface area contributed by atoms with Crippen molar-refractivity contribution in [2.24, 2.45) is 11.5 Å². The molecule has 15 heavy (non-hydrogen) atoms. The third kappa shape index (κ3) is 5.55. The first-order valence-corrected chi connectivity index (χ1v) is 6.04. The molecule has 0 spiro atoms. The van der Waals surface area contributed by atoms with Crippen molar-refractivity contribution >= 4 is 33.4 Å². The zero-order valence-corrected chi connectivity index (χ0v) is 9.42. The molecule has 0 heterocycles. The summed E-state index contributed by atoms with van der Waals surface area (Å²) in [6.45, 7) is -1.16. The summed E-state index contributed by atoms with van der Waals surface area (Å²) >= 11 is 5.27. The average Bonchev–Trinajstić information content (AvgIpc) is 2.00. The van der Waals surface area contributed by atoms with Crippen molar-refractivity contribution in [3.8, 4) is 0 Å². The molecule has 0 unspecified atom stereocenters. The van der Waals surface area contributed by atoms with Crippen LogP contribution in [0, 0.1) is 0 Å². The Morgan fingerprint density at radius 1 is 1.13 bits per heavy atom. The van der Waals surface area contributed by atoms with Crippen molar-refractivity contribution in [1.29, 1.82) is 0 Å². The van der Waals surface area contributed by atoms with Gasteiger partial charge in [-0.05, 0) is 0 Å². The molecule has 0 aromatic heterocycles. The molecule has 0 saturated heterocycles. The largest absolute Gasteiger partial charge is 0.369 e. The van der Waals surface area contributed by atoms with Crippen LogP contribution >= 0.6 is 11.6 Å². The van der Waals surface area contributed by atoms with Crippen LogP contribution in [0.15, 0.2) is 0 Å². The van der Waals surface area contributed by atoms with Crippen molar-refractivity contribution < 1.29 is 18.0 Å². The SMILES string of the molecule is NC(=O)CN(CC(N)=O)S(=O)(=O)CCCl. The Hall–Kier alpha value is -0.860. The number of hydrogen-bond donors (Lipinski definition) is 2. The van der Waals surface area contributed by atoms with E-state index in [2.05, 4.69) is 0 Å². The molecule has 9 heteroatoms. The summed E-state index contributed by atoms with van der Waals surface area (Å²) in [5.74, 6) is -2.25. The maximum Gasteiger partial charge on any atom is 0.232 e. The number of amides is 2. The third-order valence-electron chi connectivity index (χ3n) is 1.39. The molecule has 0 aromatic rings.